The lowest BCUT2D eigenvalue weighted by Gasteiger charge is -2.30. The van der Waals surface area contributed by atoms with Crippen molar-refractivity contribution in [3.63, 3.8) is 0 Å². The van der Waals surface area contributed by atoms with Crippen LogP contribution in [0.25, 0.3) is 0 Å². The van der Waals surface area contributed by atoms with Crippen molar-refractivity contribution in [3.05, 3.63) is 0 Å². The van der Waals surface area contributed by atoms with Gasteiger partial charge in [-0.15, -0.1) is 0 Å². The molecule has 0 unspecified atom stereocenters. The Labute approximate surface area is 89.8 Å². The minimum atomic E-state index is 0.842. The Bertz CT molecular complexity index is 124. The summed E-state index contributed by atoms with van der Waals surface area (Å²) in [6, 6.07) is 1.68. The van der Waals surface area contributed by atoms with E-state index in [9.17, 15) is 0 Å². The normalized spacial score (nSPS) is 27.7. The zero-order valence-corrected chi connectivity index (χ0v) is 9.76. The van der Waals surface area contributed by atoms with Crippen molar-refractivity contribution >= 4 is 23.5 Å². The molecule has 0 aliphatic carbocycles. The molecule has 2 aliphatic rings. The van der Waals surface area contributed by atoms with E-state index in [2.05, 4.69) is 28.8 Å². The second-order valence-corrected chi connectivity index (χ2v) is 6.39. The Balaban J connectivity index is 1.69. The van der Waals surface area contributed by atoms with Crippen LogP contribution in [0.3, 0.4) is 0 Å². The maximum absolute atomic E-state index is 3.83. The van der Waals surface area contributed by atoms with E-state index in [0.717, 1.165) is 12.1 Å². The van der Waals surface area contributed by atoms with Gasteiger partial charge >= 0.3 is 0 Å². The van der Waals surface area contributed by atoms with Crippen LogP contribution < -0.4 is 5.32 Å². The molecule has 0 spiro atoms. The summed E-state index contributed by atoms with van der Waals surface area (Å²) < 4.78 is 0. The maximum Gasteiger partial charge on any atom is 0.00853 e. The molecule has 0 bridgehead atoms. The molecule has 0 aromatic rings. The quantitative estimate of drug-likeness (QED) is 0.763. The molecular weight excluding hydrogens is 198 g/mol. The Morgan fingerprint density at radius 3 is 1.46 bits per heavy atom. The average molecular weight is 217 g/mol. The molecule has 2 fully saturated rings. The van der Waals surface area contributed by atoms with Gasteiger partial charge in [0.2, 0.25) is 0 Å². The van der Waals surface area contributed by atoms with Gasteiger partial charge in [-0.05, 0) is 48.7 Å². The third kappa shape index (κ3) is 3.37. The molecule has 2 heterocycles. The van der Waals surface area contributed by atoms with Gasteiger partial charge in [0, 0.05) is 12.1 Å². The van der Waals surface area contributed by atoms with Crippen molar-refractivity contribution in [2.45, 2.75) is 37.8 Å². The summed E-state index contributed by atoms with van der Waals surface area (Å²) in [6.45, 7) is 0. The number of hydrogen-bond acceptors (Lipinski definition) is 3. The first-order chi connectivity index (χ1) is 6.45. The van der Waals surface area contributed by atoms with Gasteiger partial charge in [-0.25, -0.2) is 0 Å². The number of hydrogen-bond donors (Lipinski definition) is 1. The van der Waals surface area contributed by atoms with Crippen LogP contribution in [0.15, 0.2) is 0 Å². The van der Waals surface area contributed by atoms with Gasteiger partial charge < -0.3 is 5.32 Å². The van der Waals surface area contributed by atoms with Crippen LogP contribution in [-0.4, -0.2) is 35.1 Å². The summed E-state index contributed by atoms with van der Waals surface area (Å²) in [5.74, 6) is 5.50. The highest BCUT2D eigenvalue weighted by molar-refractivity contribution is 7.99. The fraction of sp³-hybridized carbons (Fsp3) is 1.00. The first-order valence-electron chi connectivity index (χ1n) is 5.37. The van der Waals surface area contributed by atoms with Crippen molar-refractivity contribution < 1.29 is 0 Å². The molecular formula is C10H19NS2. The van der Waals surface area contributed by atoms with E-state index in [-0.39, 0.29) is 0 Å². The van der Waals surface area contributed by atoms with Crippen LogP contribution in [0, 0.1) is 0 Å². The topological polar surface area (TPSA) is 12.0 Å². The third-order valence-electron chi connectivity index (χ3n) is 2.91. The molecule has 0 aromatic heterocycles. The van der Waals surface area contributed by atoms with E-state index < -0.39 is 0 Å². The molecule has 2 aliphatic heterocycles. The van der Waals surface area contributed by atoms with E-state index in [0.29, 0.717) is 0 Å². The molecule has 0 radical (unpaired) electrons. The summed E-state index contributed by atoms with van der Waals surface area (Å²) in [5, 5.41) is 3.83. The van der Waals surface area contributed by atoms with E-state index in [4.69, 9.17) is 0 Å². The van der Waals surface area contributed by atoms with Crippen LogP contribution in [0.4, 0.5) is 0 Å². The zero-order valence-electron chi connectivity index (χ0n) is 8.13. The molecule has 1 N–H and O–H groups in total. The molecule has 2 rings (SSSR count). The smallest absolute Gasteiger partial charge is 0.00853 e. The van der Waals surface area contributed by atoms with E-state index in [1.165, 1.54) is 48.7 Å². The van der Waals surface area contributed by atoms with Crippen molar-refractivity contribution in [1.82, 2.24) is 5.32 Å². The van der Waals surface area contributed by atoms with E-state index in [1.807, 2.05) is 0 Å². The second-order valence-electron chi connectivity index (χ2n) is 3.94. The van der Waals surface area contributed by atoms with Crippen LogP contribution in [-0.2, 0) is 0 Å². The van der Waals surface area contributed by atoms with E-state index >= 15 is 0 Å². The minimum absolute atomic E-state index is 0.842. The average Bonchev–Trinajstić information content (AvgIpc) is 2.21. The lowest BCUT2D eigenvalue weighted by atomic mass is 10.1. The van der Waals surface area contributed by atoms with Crippen molar-refractivity contribution in [2.75, 3.05) is 23.0 Å². The highest BCUT2D eigenvalue weighted by Crippen LogP contribution is 2.21. The van der Waals surface area contributed by atoms with Crippen molar-refractivity contribution in [2.24, 2.45) is 0 Å². The summed E-state index contributed by atoms with van der Waals surface area (Å²) in [5.41, 5.74) is 0. The second kappa shape index (κ2) is 5.52. The van der Waals surface area contributed by atoms with Gasteiger partial charge in [-0.3, -0.25) is 0 Å². The highest BCUT2D eigenvalue weighted by atomic mass is 32.2. The summed E-state index contributed by atoms with van der Waals surface area (Å²) in [7, 11) is 0. The van der Waals surface area contributed by atoms with Crippen LogP contribution >= 0.6 is 23.5 Å². The SMILES string of the molecule is C1CC(NC2CCSCC2)CCS1. The largest absolute Gasteiger partial charge is 0.311 e. The van der Waals surface area contributed by atoms with Gasteiger partial charge in [0.05, 0.1) is 0 Å². The Hall–Kier alpha value is 0.660. The maximum atomic E-state index is 3.83. The first kappa shape index (κ1) is 10.2. The monoisotopic (exact) mass is 217 g/mol. The minimum Gasteiger partial charge on any atom is -0.311 e. The van der Waals surface area contributed by atoms with Gasteiger partial charge in [-0.2, -0.15) is 23.5 Å². The third-order valence-corrected chi connectivity index (χ3v) is 5.01. The Kier molecular flexibility index (Phi) is 4.32. The zero-order chi connectivity index (χ0) is 8.93. The Morgan fingerprint density at radius 2 is 1.08 bits per heavy atom. The lowest BCUT2D eigenvalue weighted by Crippen LogP contribution is -2.42. The van der Waals surface area contributed by atoms with Gasteiger partial charge in [0.15, 0.2) is 0 Å². The molecule has 2 saturated heterocycles. The molecule has 13 heavy (non-hydrogen) atoms. The molecule has 3 heteroatoms. The molecule has 0 amide bonds. The van der Waals surface area contributed by atoms with Crippen LogP contribution in [0.2, 0.25) is 0 Å². The van der Waals surface area contributed by atoms with Gasteiger partial charge in [-0.1, -0.05) is 0 Å². The summed E-state index contributed by atoms with van der Waals surface area (Å²) >= 11 is 4.23. The molecule has 1 nitrogen and oxygen atoms in total. The van der Waals surface area contributed by atoms with Crippen LogP contribution in [0.1, 0.15) is 25.7 Å². The first-order valence-corrected chi connectivity index (χ1v) is 7.67. The number of rotatable bonds is 2. The van der Waals surface area contributed by atoms with Crippen LogP contribution in [0.5, 0.6) is 0 Å². The molecule has 76 valence electrons. The Morgan fingerprint density at radius 1 is 0.692 bits per heavy atom. The van der Waals surface area contributed by atoms with Crippen molar-refractivity contribution in [3.8, 4) is 0 Å². The van der Waals surface area contributed by atoms with Gasteiger partial charge in [0.1, 0.15) is 0 Å². The standard InChI is InChI=1S/C10H19NS2/c1-5-12-6-2-9(1)11-10-3-7-13-8-4-10/h9-11H,1-8H2. The summed E-state index contributed by atoms with van der Waals surface area (Å²) in [4.78, 5) is 0. The molecule has 0 aromatic carbocycles. The van der Waals surface area contributed by atoms with Gasteiger partial charge in [0.25, 0.3) is 0 Å². The number of thioether (sulfide) groups is 2. The van der Waals surface area contributed by atoms with Crippen molar-refractivity contribution in [1.29, 1.82) is 0 Å². The molecule has 0 saturated carbocycles. The highest BCUT2D eigenvalue weighted by Gasteiger charge is 2.19. The van der Waals surface area contributed by atoms with E-state index in [1.54, 1.807) is 0 Å². The fourth-order valence-electron chi connectivity index (χ4n) is 2.06. The summed E-state index contributed by atoms with van der Waals surface area (Å²) in [6.07, 6.45) is 5.59. The number of nitrogens with one attached hydrogen (secondary N) is 1. The fourth-order valence-corrected chi connectivity index (χ4v) is 4.27. The molecule has 0 atom stereocenters. The lowest BCUT2D eigenvalue weighted by molar-refractivity contribution is 0.389. The predicted molar refractivity (Wildman–Crippen MR) is 63.8 cm³/mol. The predicted octanol–water partition coefficient (Wildman–Crippen LogP) is 2.37.